The van der Waals surface area contributed by atoms with Crippen molar-refractivity contribution < 1.29 is 0 Å². The van der Waals surface area contributed by atoms with Crippen molar-refractivity contribution in [2.24, 2.45) is 0 Å². The highest BCUT2D eigenvalue weighted by Gasteiger charge is 2.19. The number of benzene rings is 1. The van der Waals surface area contributed by atoms with Gasteiger partial charge in [-0.3, -0.25) is 0 Å². The van der Waals surface area contributed by atoms with Crippen LogP contribution in [0.25, 0.3) is 11.3 Å². The van der Waals surface area contributed by atoms with Crippen molar-refractivity contribution in [1.82, 2.24) is 9.97 Å². The SMILES string of the molecule is Cc1nc(Cl)c(C)c(-c2ccc(C3CCC3)cc2)n1. The van der Waals surface area contributed by atoms with Gasteiger partial charge in [-0.05, 0) is 38.2 Å². The quantitative estimate of drug-likeness (QED) is 0.742. The maximum atomic E-state index is 6.13. The fourth-order valence-corrected chi connectivity index (χ4v) is 2.74. The third-order valence-corrected chi connectivity index (χ3v) is 4.33. The molecule has 0 aliphatic heterocycles. The summed E-state index contributed by atoms with van der Waals surface area (Å²) >= 11 is 6.13. The summed E-state index contributed by atoms with van der Waals surface area (Å²) in [7, 11) is 0. The van der Waals surface area contributed by atoms with E-state index in [1.807, 2.05) is 13.8 Å². The standard InChI is InChI=1S/C16H17ClN2/c1-10-15(18-11(2)19-16(10)17)14-8-6-13(7-9-14)12-4-3-5-12/h6-9,12H,3-5H2,1-2H3. The van der Waals surface area contributed by atoms with Crippen LogP contribution in [0.1, 0.15) is 42.1 Å². The van der Waals surface area contributed by atoms with Gasteiger partial charge in [-0.1, -0.05) is 42.3 Å². The fourth-order valence-electron chi connectivity index (χ4n) is 2.53. The number of aryl methyl sites for hydroxylation is 1. The van der Waals surface area contributed by atoms with E-state index in [0.29, 0.717) is 11.0 Å². The second-order valence-corrected chi connectivity index (χ2v) is 5.64. The molecule has 0 atom stereocenters. The highest BCUT2D eigenvalue weighted by atomic mass is 35.5. The zero-order chi connectivity index (χ0) is 13.4. The Morgan fingerprint density at radius 1 is 1.05 bits per heavy atom. The normalized spacial score (nSPS) is 15.3. The molecule has 2 nitrogen and oxygen atoms in total. The van der Waals surface area contributed by atoms with Crippen LogP contribution < -0.4 is 0 Å². The molecule has 0 saturated heterocycles. The number of halogens is 1. The van der Waals surface area contributed by atoms with Crippen LogP contribution in [0.5, 0.6) is 0 Å². The predicted molar refractivity (Wildman–Crippen MR) is 78.5 cm³/mol. The predicted octanol–water partition coefficient (Wildman–Crippen LogP) is 4.68. The van der Waals surface area contributed by atoms with Crippen LogP contribution >= 0.6 is 11.6 Å². The Labute approximate surface area is 118 Å². The van der Waals surface area contributed by atoms with Crippen LogP contribution in [-0.2, 0) is 0 Å². The lowest BCUT2D eigenvalue weighted by Crippen LogP contribution is -2.08. The van der Waals surface area contributed by atoms with Crippen molar-refractivity contribution in [2.75, 3.05) is 0 Å². The molecule has 2 aromatic rings. The lowest BCUT2D eigenvalue weighted by atomic mass is 9.80. The molecule has 0 amide bonds. The first-order valence-corrected chi connectivity index (χ1v) is 7.14. The fraction of sp³-hybridized carbons (Fsp3) is 0.375. The molecule has 0 radical (unpaired) electrons. The van der Waals surface area contributed by atoms with Crippen molar-refractivity contribution >= 4 is 11.6 Å². The van der Waals surface area contributed by atoms with E-state index in [1.54, 1.807) is 0 Å². The zero-order valence-electron chi connectivity index (χ0n) is 11.3. The van der Waals surface area contributed by atoms with Gasteiger partial charge in [-0.25, -0.2) is 9.97 Å². The number of rotatable bonds is 2. The van der Waals surface area contributed by atoms with E-state index in [2.05, 4.69) is 34.2 Å². The van der Waals surface area contributed by atoms with Gasteiger partial charge < -0.3 is 0 Å². The molecule has 1 fully saturated rings. The molecule has 98 valence electrons. The largest absolute Gasteiger partial charge is 0.233 e. The van der Waals surface area contributed by atoms with E-state index in [1.165, 1.54) is 24.8 Å². The van der Waals surface area contributed by atoms with Gasteiger partial charge in [0, 0.05) is 11.1 Å². The maximum absolute atomic E-state index is 6.13. The minimum absolute atomic E-state index is 0.547. The Bertz CT molecular complexity index is 601. The Hall–Kier alpha value is -1.41. The number of hydrogen-bond acceptors (Lipinski definition) is 2. The van der Waals surface area contributed by atoms with E-state index in [4.69, 9.17) is 11.6 Å². The molecule has 1 saturated carbocycles. The minimum atomic E-state index is 0.547. The average molecular weight is 273 g/mol. The van der Waals surface area contributed by atoms with E-state index in [0.717, 1.165) is 22.7 Å². The lowest BCUT2D eigenvalue weighted by Gasteiger charge is -2.25. The number of aromatic nitrogens is 2. The van der Waals surface area contributed by atoms with Crippen LogP contribution in [0.2, 0.25) is 5.15 Å². The van der Waals surface area contributed by atoms with Crippen LogP contribution in [0.15, 0.2) is 24.3 Å². The van der Waals surface area contributed by atoms with Gasteiger partial charge in [0.25, 0.3) is 0 Å². The summed E-state index contributed by atoms with van der Waals surface area (Å²) < 4.78 is 0. The first kappa shape index (κ1) is 12.6. The molecule has 1 aromatic carbocycles. The second kappa shape index (κ2) is 4.93. The van der Waals surface area contributed by atoms with Gasteiger partial charge in [-0.2, -0.15) is 0 Å². The van der Waals surface area contributed by atoms with Crippen molar-refractivity contribution in [1.29, 1.82) is 0 Å². The van der Waals surface area contributed by atoms with E-state index >= 15 is 0 Å². The zero-order valence-corrected chi connectivity index (χ0v) is 12.0. The van der Waals surface area contributed by atoms with E-state index in [-0.39, 0.29) is 0 Å². The highest BCUT2D eigenvalue weighted by Crippen LogP contribution is 2.37. The van der Waals surface area contributed by atoms with Gasteiger partial charge in [0.15, 0.2) is 0 Å². The first-order chi connectivity index (χ1) is 9.15. The summed E-state index contributed by atoms with van der Waals surface area (Å²) in [6.07, 6.45) is 4.03. The molecule has 1 aliphatic carbocycles. The van der Waals surface area contributed by atoms with Crippen LogP contribution in [-0.4, -0.2) is 9.97 Å². The van der Waals surface area contributed by atoms with Gasteiger partial charge >= 0.3 is 0 Å². The highest BCUT2D eigenvalue weighted by molar-refractivity contribution is 6.30. The molecule has 19 heavy (non-hydrogen) atoms. The lowest BCUT2D eigenvalue weighted by molar-refractivity contribution is 0.420. The van der Waals surface area contributed by atoms with Crippen molar-refractivity contribution in [3.8, 4) is 11.3 Å². The van der Waals surface area contributed by atoms with Crippen molar-refractivity contribution in [2.45, 2.75) is 39.0 Å². The van der Waals surface area contributed by atoms with Gasteiger partial charge in [0.05, 0.1) is 5.69 Å². The third-order valence-electron chi connectivity index (χ3n) is 3.96. The topological polar surface area (TPSA) is 25.8 Å². The monoisotopic (exact) mass is 272 g/mol. The Balaban J connectivity index is 1.97. The Morgan fingerprint density at radius 3 is 2.32 bits per heavy atom. The van der Waals surface area contributed by atoms with Crippen LogP contribution in [0.3, 0.4) is 0 Å². The Kier molecular flexibility index (Phi) is 3.28. The molecule has 3 heteroatoms. The summed E-state index contributed by atoms with van der Waals surface area (Å²) in [4.78, 5) is 8.70. The molecule has 0 N–H and O–H groups in total. The molecule has 0 unspecified atom stereocenters. The Morgan fingerprint density at radius 2 is 1.74 bits per heavy atom. The van der Waals surface area contributed by atoms with Crippen LogP contribution in [0.4, 0.5) is 0 Å². The maximum Gasteiger partial charge on any atom is 0.136 e. The second-order valence-electron chi connectivity index (χ2n) is 5.29. The molecule has 1 heterocycles. The molecule has 0 bridgehead atoms. The van der Waals surface area contributed by atoms with Gasteiger partial charge in [0.2, 0.25) is 0 Å². The van der Waals surface area contributed by atoms with E-state index < -0.39 is 0 Å². The van der Waals surface area contributed by atoms with Crippen LogP contribution in [0, 0.1) is 13.8 Å². The van der Waals surface area contributed by atoms with E-state index in [9.17, 15) is 0 Å². The van der Waals surface area contributed by atoms with Gasteiger partial charge in [0.1, 0.15) is 11.0 Å². The molecular formula is C16H17ClN2. The summed E-state index contributed by atoms with van der Waals surface area (Å²) in [5, 5.41) is 0.547. The molecule has 1 aliphatic rings. The number of hydrogen-bond donors (Lipinski definition) is 0. The third kappa shape index (κ3) is 2.37. The molecule has 3 rings (SSSR count). The average Bonchev–Trinajstić information content (AvgIpc) is 2.33. The molecular weight excluding hydrogens is 256 g/mol. The smallest absolute Gasteiger partial charge is 0.136 e. The molecule has 0 spiro atoms. The van der Waals surface area contributed by atoms with Crippen molar-refractivity contribution in [3.05, 3.63) is 46.4 Å². The van der Waals surface area contributed by atoms with Crippen molar-refractivity contribution in [3.63, 3.8) is 0 Å². The summed E-state index contributed by atoms with van der Waals surface area (Å²) in [6, 6.07) is 8.76. The summed E-state index contributed by atoms with van der Waals surface area (Å²) in [5.41, 5.74) is 4.46. The first-order valence-electron chi connectivity index (χ1n) is 6.76. The summed E-state index contributed by atoms with van der Waals surface area (Å²) in [5.74, 6) is 1.49. The minimum Gasteiger partial charge on any atom is -0.233 e. The summed E-state index contributed by atoms with van der Waals surface area (Å²) in [6.45, 7) is 3.84. The van der Waals surface area contributed by atoms with Gasteiger partial charge in [-0.15, -0.1) is 0 Å². The molecule has 1 aromatic heterocycles. The number of nitrogens with zero attached hydrogens (tertiary/aromatic N) is 2.